The number of nitrogens with zero attached hydrogens (tertiary/aromatic N) is 2. The van der Waals surface area contributed by atoms with E-state index >= 15 is 0 Å². The predicted molar refractivity (Wildman–Crippen MR) is 98.4 cm³/mol. The topological polar surface area (TPSA) is 27.6 Å². The molecule has 1 unspecified atom stereocenters. The van der Waals surface area contributed by atoms with E-state index in [-0.39, 0.29) is 24.8 Å². The lowest BCUT2D eigenvalue weighted by atomic mass is 10.1. The molecule has 118 valence electrons. The molecule has 0 aliphatic carbocycles. The highest BCUT2D eigenvalue weighted by Gasteiger charge is 2.19. The number of hydrogen-bond acceptors (Lipinski definition) is 4. The fourth-order valence-corrected chi connectivity index (χ4v) is 3.62. The van der Waals surface area contributed by atoms with Gasteiger partial charge < -0.3 is 5.32 Å². The first-order chi connectivity index (χ1) is 9.33. The Morgan fingerprint density at radius 2 is 2.14 bits per heavy atom. The quantitative estimate of drug-likeness (QED) is 0.894. The van der Waals surface area contributed by atoms with Gasteiger partial charge in [-0.05, 0) is 37.9 Å². The summed E-state index contributed by atoms with van der Waals surface area (Å²) in [4.78, 5) is 7.19. The maximum atomic E-state index is 4.60. The average Bonchev–Trinajstić information content (AvgIpc) is 2.84. The third-order valence-corrected chi connectivity index (χ3v) is 4.85. The number of para-hydroxylation sites is 1. The minimum absolute atomic E-state index is 0. The number of benzene rings is 1. The van der Waals surface area contributed by atoms with Gasteiger partial charge in [-0.3, -0.25) is 9.89 Å². The fourth-order valence-electron chi connectivity index (χ4n) is 2.76. The second kappa shape index (κ2) is 8.89. The van der Waals surface area contributed by atoms with E-state index in [0.717, 1.165) is 23.5 Å². The Labute approximate surface area is 143 Å². The van der Waals surface area contributed by atoms with Crippen molar-refractivity contribution in [1.29, 1.82) is 0 Å². The summed E-state index contributed by atoms with van der Waals surface area (Å²) in [6, 6.07) is 9.18. The summed E-state index contributed by atoms with van der Waals surface area (Å²) >= 11 is 1.85. The van der Waals surface area contributed by atoms with Crippen molar-refractivity contribution in [3.05, 3.63) is 29.8 Å². The molecule has 0 aromatic heterocycles. The van der Waals surface area contributed by atoms with Crippen LogP contribution in [0.2, 0.25) is 0 Å². The van der Waals surface area contributed by atoms with Crippen LogP contribution in [0.25, 0.3) is 0 Å². The molecule has 6 heteroatoms. The largest absolute Gasteiger partial charge is 0.335 e. The fraction of sp³-hybridized carbons (Fsp3) is 0.533. The summed E-state index contributed by atoms with van der Waals surface area (Å²) in [5, 5.41) is 4.50. The number of fused-ring (bicyclic) bond motifs is 1. The van der Waals surface area contributed by atoms with Crippen LogP contribution >= 0.6 is 36.6 Å². The molecule has 2 heterocycles. The molecule has 0 amide bonds. The van der Waals surface area contributed by atoms with E-state index in [0.29, 0.717) is 0 Å². The van der Waals surface area contributed by atoms with Gasteiger partial charge in [-0.25, -0.2) is 0 Å². The van der Waals surface area contributed by atoms with Crippen LogP contribution in [0.5, 0.6) is 0 Å². The van der Waals surface area contributed by atoms with Crippen molar-refractivity contribution in [3.8, 4) is 0 Å². The van der Waals surface area contributed by atoms with Gasteiger partial charge in [0.25, 0.3) is 0 Å². The molecule has 21 heavy (non-hydrogen) atoms. The summed E-state index contributed by atoms with van der Waals surface area (Å²) in [5.74, 6) is 1.12. The Morgan fingerprint density at radius 3 is 2.90 bits per heavy atom. The SMILES string of the molecule is CC1CCCN1CCSC1=NCc2ccccc2N1.Cl.Cl. The predicted octanol–water partition coefficient (Wildman–Crippen LogP) is 4.03. The molecular weight excluding hydrogens is 325 g/mol. The number of nitrogens with one attached hydrogen (secondary N) is 1. The summed E-state index contributed by atoms with van der Waals surface area (Å²) in [5.41, 5.74) is 2.51. The van der Waals surface area contributed by atoms with Crippen molar-refractivity contribution < 1.29 is 0 Å². The van der Waals surface area contributed by atoms with E-state index < -0.39 is 0 Å². The number of likely N-dealkylation sites (tertiary alicyclic amines) is 1. The number of anilines is 1. The minimum Gasteiger partial charge on any atom is -0.335 e. The van der Waals surface area contributed by atoms with Gasteiger partial charge in [0.15, 0.2) is 5.17 Å². The highest BCUT2D eigenvalue weighted by molar-refractivity contribution is 8.14. The van der Waals surface area contributed by atoms with Crippen molar-refractivity contribution in [1.82, 2.24) is 4.90 Å². The number of rotatable bonds is 3. The molecule has 1 atom stereocenters. The van der Waals surface area contributed by atoms with Crippen LogP contribution in [-0.2, 0) is 6.54 Å². The minimum atomic E-state index is 0. The van der Waals surface area contributed by atoms with Gasteiger partial charge in [-0.15, -0.1) is 24.8 Å². The smallest absolute Gasteiger partial charge is 0.161 e. The van der Waals surface area contributed by atoms with Crippen LogP contribution < -0.4 is 5.32 Å². The zero-order chi connectivity index (χ0) is 13.1. The van der Waals surface area contributed by atoms with Crippen LogP contribution in [0.1, 0.15) is 25.3 Å². The lowest BCUT2D eigenvalue weighted by molar-refractivity contribution is 0.286. The van der Waals surface area contributed by atoms with Crippen LogP contribution in [0.3, 0.4) is 0 Å². The van der Waals surface area contributed by atoms with Crippen LogP contribution in [0.15, 0.2) is 29.3 Å². The molecule has 1 aromatic rings. The third kappa shape index (κ3) is 4.78. The zero-order valence-corrected chi connectivity index (χ0v) is 14.7. The van der Waals surface area contributed by atoms with Gasteiger partial charge >= 0.3 is 0 Å². The molecule has 0 bridgehead atoms. The maximum Gasteiger partial charge on any atom is 0.161 e. The molecular formula is C15H23Cl2N3S. The van der Waals surface area contributed by atoms with Crippen LogP contribution in [0.4, 0.5) is 5.69 Å². The number of thioether (sulfide) groups is 1. The molecule has 1 N–H and O–H groups in total. The van der Waals surface area contributed by atoms with E-state index in [4.69, 9.17) is 0 Å². The summed E-state index contributed by atoms with van der Waals surface area (Å²) in [6.07, 6.45) is 2.72. The van der Waals surface area contributed by atoms with Crippen molar-refractivity contribution in [3.63, 3.8) is 0 Å². The highest BCUT2D eigenvalue weighted by atomic mass is 35.5. The first-order valence-corrected chi connectivity index (χ1v) is 8.08. The highest BCUT2D eigenvalue weighted by Crippen LogP contribution is 2.23. The zero-order valence-electron chi connectivity index (χ0n) is 12.2. The molecule has 0 radical (unpaired) electrons. The van der Waals surface area contributed by atoms with Crippen LogP contribution in [-0.4, -0.2) is 35.0 Å². The Morgan fingerprint density at radius 1 is 1.33 bits per heavy atom. The molecule has 1 fully saturated rings. The van der Waals surface area contributed by atoms with E-state index in [1.165, 1.54) is 37.2 Å². The van der Waals surface area contributed by atoms with Gasteiger partial charge in [-0.1, -0.05) is 30.0 Å². The molecule has 1 aromatic carbocycles. The van der Waals surface area contributed by atoms with Crippen molar-refractivity contribution in [2.75, 3.05) is 24.2 Å². The molecule has 0 spiro atoms. The molecule has 3 rings (SSSR count). The normalized spacial score (nSPS) is 20.6. The van der Waals surface area contributed by atoms with Gasteiger partial charge in [0.2, 0.25) is 0 Å². The molecule has 0 saturated carbocycles. The second-order valence-electron chi connectivity index (χ2n) is 5.28. The Kier molecular flexibility index (Phi) is 7.88. The lowest BCUT2D eigenvalue weighted by Gasteiger charge is -2.22. The van der Waals surface area contributed by atoms with E-state index in [9.17, 15) is 0 Å². The van der Waals surface area contributed by atoms with Gasteiger partial charge in [0.05, 0.1) is 6.54 Å². The Bertz CT molecular complexity index is 482. The molecule has 2 aliphatic rings. The number of halogens is 2. The molecule has 2 aliphatic heterocycles. The maximum absolute atomic E-state index is 4.60. The summed E-state index contributed by atoms with van der Waals surface area (Å²) in [6.45, 7) is 5.59. The van der Waals surface area contributed by atoms with Gasteiger partial charge in [0.1, 0.15) is 0 Å². The Balaban J connectivity index is 0.00000110. The third-order valence-electron chi connectivity index (χ3n) is 3.96. The van der Waals surface area contributed by atoms with Crippen molar-refractivity contribution in [2.45, 2.75) is 32.4 Å². The lowest BCUT2D eigenvalue weighted by Crippen LogP contribution is -2.29. The standard InChI is InChI=1S/C15H21N3S.2ClH/c1-12-5-4-8-18(12)9-10-19-15-16-11-13-6-2-3-7-14(13)17-15;;/h2-3,6-7,12H,4-5,8-11H2,1H3,(H,16,17);2*1H. The average molecular weight is 348 g/mol. The number of aliphatic imine (C=N–C) groups is 1. The van der Waals surface area contributed by atoms with Gasteiger partial charge in [0, 0.05) is 24.0 Å². The van der Waals surface area contributed by atoms with E-state index in [1.54, 1.807) is 0 Å². The summed E-state index contributed by atoms with van der Waals surface area (Å²) in [7, 11) is 0. The number of hydrogen-bond donors (Lipinski definition) is 1. The first-order valence-electron chi connectivity index (χ1n) is 7.09. The van der Waals surface area contributed by atoms with Crippen LogP contribution in [0, 0.1) is 0 Å². The second-order valence-corrected chi connectivity index (χ2v) is 6.36. The van der Waals surface area contributed by atoms with Crippen molar-refractivity contribution in [2.24, 2.45) is 4.99 Å². The van der Waals surface area contributed by atoms with E-state index in [1.807, 2.05) is 11.8 Å². The Hall–Kier alpha value is -0.420. The first kappa shape index (κ1) is 18.6. The van der Waals surface area contributed by atoms with Crippen molar-refractivity contribution >= 4 is 47.4 Å². The molecule has 1 saturated heterocycles. The monoisotopic (exact) mass is 347 g/mol. The molecule has 3 nitrogen and oxygen atoms in total. The number of amidine groups is 1. The summed E-state index contributed by atoms with van der Waals surface area (Å²) < 4.78 is 0. The van der Waals surface area contributed by atoms with E-state index in [2.05, 4.69) is 46.4 Å². The van der Waals surface area contributed by atoms with Gasteiger partial charge in [-0.2, -0.15) is 0 Å².